The Labute approximate surface area is 72.0 Å². The highest BCUT2D eigenvalue weighted by atomic mass is 19.4. The monoisotopic (exact) mass is 192 g/mol. The van der Waals surface area contributed by atoms with Gasteiger partial charge in [0, 0.05) is 18.0 Å². The molecule has 1 atom stereocenters. The summed E-state index contributed by atoms with van der Waals surface area (Å²) >= 11 is 0. The molecule has 0 fully saturated rings. The lowest BCUT2D eigenvalue weighted by Crippen LogP contribution is -2.38. The highest BCUT2D eigenvalue weighted by molar-refractivity contribution is 5.10. The van der Waals surface area contributed by atoms with E-state index >= 15 is 0 Å². The molecule has 0 saturated carbocycles. The number of nitrogens with two attached hydrogens (primary N) is 1. The van der Waals surface area contributed by atoms with E-state index in [-0.39, 0.29) is 5.56 Å². The Kier molecular flexibility index (Phi) is 2.79. The van der Waals surface area contributed by atoms with E-state index in [9.17, 15) is 13.2 Å². The third-order valence-electron chi connectivity index (χ3n) is 1.41. The molecule has 0 aromatic carbocycles. The van der Waals surface area contributed by atoms with Crippen molar-refractivity contribution in [1.29, 1.82) is 0 Å². The van der Waals surface area contributed by atoms with Crippen LogP contribution in [0.3, 0.4) is 0 Å². The highest BCUT2D eigenvalue weighted by Crippen LogP contribution is 2.30. The topological polar surface area (TPSA) is 63.8 Å². The molecule has 1 aromatic rings. The molecule has 0 spiro atoms. The summed E-state index contributed by atoms with van der Waals surface area (Å²) in [6.45, 7) is 0. The predicted octanol–water partition coefficient (Wildman–Crippen LogP) is 0.543. The van der Waals surface area contributed by atoms with Gasteiger partial charge in [0.2, 0.25) is 0 Å². The Morgan fingerprint density at radius 1 is 1.31 bits per heavy atom. The van der Waals surface area contributed by atoms with Gasteiger partial charge in [-0.3, -0.25) is 5.84 Å². The quantitative estimate of drug-likeness (QED) is 0.530. The van der Waals surface area contributed by atoms with Crippen LogP contribution in [0.5, 0.6) is 0 Å². The maximum absolute atomic E-state index is 12.2. The molecule has 0 saturated heterocycles. The van der Waals surface area contributed by atoms with Crippen molar-refractivity contribution in [2.75, 3.05) is 0 Å². The average Bonchev–Trinajstić information content (AvgIpc) is 2.05. The van der Waals surface area contributed by atoms with Crippen LogP contribution in [0.25, 0.3) is 0 Å². The van der Waals surface area contributed by atoms with Gasteiger partial charge in [-0.15, -0.1) is 0 Å². The van der Waals surface area contributed by atoms with E-state index in [4.69, 9.17) is 5.84 Å². The van der Waals surface area contributed by atoms with Crippen LogP contribution in [0.15, 0.2) is 18.7 Å². The molecule has 72 valence electrons. The SMILES string of the molecule is NNC(c1cncnc1)C(F)(F)F. The lowest BCUT2D eigenvalue weighted by molar-refractivity contribution is -0.158. The zero-order chi connectivity index (χ0) is 9.90. The van der Waals surface area contributed by atoms with Gasteiger partial charge in [0.05, 0.1) is 0 Å². The molecule has 13 heavy (non-hydrogen) atoms. The zero-order valence-corrected chi connectivity index (χ0v) is 6.42. The van der Waals surface area contributed by atoms with Crippen LogP contribution in [-0.2, 0) is 0 Å². The number of aromatic nitrogens is 2. The zero-order valence-electron chi connectivity index (χ0n) is 6.42. The second kappa shape index (κ2) is 3.67. The number of hydrogen-bond donors (Lipinski definition) is 2. The van der Waals surface area contributed by atoms with Crippen molar-refractivity contribution in [2.24, 2.45) is 5.84 Å². The van der Waals surface area contributed by atoms with Gasteiger partial charge in [0.25, 0.3) is 0 Å². The summed E-state index contributed by atoms with van der Waals surface area (Å²) < 4.78 is 36.6. The lowest BCUT2D eigenvalue weighted by atomic mass is 10.1. The van der Waals surface area contributed by atoms with Crippen molar-refractivity contribution in [3.8, 4) is 0 Å². The maximum atomic E-state index is 12.2. The molecule has 7 heteroatoms. The van der Waals surface area contributed by atoms with Crippen molar-refractivity contribution in [3.05, 3.63) is 24.3 Å². The molecule has 0 radical (unpaired) electrons. The molecule has 0 aliphatic carbocycles. The van der Waals surface area contributed by atoms with Gasteiger partial charge in [0.1, 0.15) is 12.4 Å². The van der Waals surface area contributed by atoms with Crippen LogP contribution < -0.4 is 11.3 Å². The number of nitrogens with zero attached hydrogens (tertiary/aromatic N) is 2. The Morgan fingerprint density at radius 2 is 1.85 bits per heavy atom. The summed E-state index contributed by atoms with van der Waals surface area (Å²) in [6, 6.07) is -1.92. The summed E-state index contributed by atoms with van der Waals surface area (Å²) in [4.78, 5) is 6.92. The van der Waals surface area contributed by atoms with E-state index in [0.29, 0.717) is 0 Å². The maximum Gasteiger partial charge on any atom is 0.409 e. The Morgan fingerprint density at radius 3 is 2.23 bits per heavy atom. The molecule has 0 bridgehead atoms. The lowest BCUT2D eigenvalue weighted by Gasteiger charge is -2.18. The first-order valence-electron chi connectivity index (χ1n) is 3.33. The number of rotatable bonds is 2. The smallest absolute Gasteiger partial charge is 0.271 e. The fraction of sp³-hybridized carbons (Fsp3) is 0.333. The van der Waals surface area contributed by atoms with Crippen molar-refractivity contribution in [1.82, 2.24) is 15.4 Å². The van der Waals surface area contributed by atoms with E-state index < -0.39 is 12.2 Å². The summed E-state index contributed by atoms with van der Waals surface area (Å²) in [5.41, 5.74) is 1.54. The molecule has 0 aliphatic heterocycles. The molecular weight excluding hydrogens is 185 g/mol. The first-order chi connectivity index (χ1) is 6.05. The Bertz CT molecular complexity index is 260. The van der Waals surface area contributed by atoms with Crippen LogP contribution in [0.2, 0.25) is 0 Å². The second-order valence-electron chi connectivity index (χ2n) is 2.31. The van der Waals surface area contributed by atoms with E-state index in [1.165, 1.54) is 0 Å². The third kappa shape index (κ3) is 2.36. The van der Waals surface area contributed by atoms with Gasteiger partial charge >= 0.3 is 6.18 Å². The molecule has 1 unspecified atom stereocenters. The number of hydrogen-bond acceptors (Lipinski definition) is 4. The van der Waals surface area contributed by atoms with Crippen molar-refractivity contribution >= 4 is 0 Å². The van der Waals surface area contributed by atoms with Gasteiger partial charge in [-0.2, -0.15) is 13.2 Å². The molecule has 0 amide bonds. The van der Waals surface area contributed by atoms with Crippen molar-refractivity contribution < 1.29 is 13.2 Å². The van der Waals surface area contributed by atoms with Crippen LogP contribution >= 0.6 is 0 Å². The molecule has 3 N–H and O–H groups in total. The normalized spacial score (nSPS) is 14.2. The number of nitrogens with one attached hydrogen (secondary N) is 1. The third-order valence-corrected chi connectivity index (χ3v) is 1.41. The molecule has 1 aromatic heterocycles. The van der Waals surface area contributed by atoms with E-state index in [1.54, 1.807) is 5.43 Å². The number of alkyl halides is 3. The van der Waals surface area contributed by atoms with Gasteiger partial charge in [-0.1, -0.05) is 0 Å². The molecule has 0 aliphatic rings. The first-order valence-corrected chi connectivity index (χ1v) is 3.33. The number of halogens is 3. The van der Waals surface area contributed by atoms with Crippen LogP contribution in [0, 0.1) is 0 Å². The van der Waals surface area contributed by atoms with Gasteiger partial charge in [-0.25, -0.2) is 15.4 Å². The van der Waals surface area contributed by atoms with Gasteiger partial charge in [0.15, 0.2) is 0 Å². The minimum Gasteiger partial charge on any atom is -0.271 e. The summed E-state index contributed by atoms with van der Waals surface area (Å²) in [7, 11) is 0. The average molecular weight is 192 g/mol. The molecule has 1 heterocycles. The summed E-state index contributed by atoms with van der Waals surface area (Å²) in [6.07, 6.45) is -1.18. The predicted molar refractivity (Wildman–Crippen MR) is 38.2 cm³/mol. The summed E-state index contributed by atoms with van der Waals surface area (Å²) in [5.74, 6) is 4.77. The van der Waals surface area contributed by atoms with Crippen molar-refractivity contribution in [3.63, 3.8) is 0 Å². The van der Waals surface area contributed by atoms with Crippen LogP contribution in [0.4, 0.5) is 13.2 Å². The van der Waals surface area contributed by atoms with E-state index in [2.05, 4.69) is 9.97 Å². The first kappa shape index (κ1) is 9.87. The fourth-order valence-corrected chi connectivity index (χ4v) is 0.839. The fourth-order valence-electron chi connectivity index (χ4n) is 0.839. The van der Waals surface area contributed by atoms with Gasteiger partial charge < -0.3 is 0 Å². The van der Waals surface area contributed by atoms with Crippen LogP contribution in [-0.4, -0.2) is 16.1 Å². The van der Waals surface area contributed by atoms with E-state index in [0.717, 1.165) is 18.7 Å². The minimum absolute atomic E-state index is 0.113. The largest absolute Gasteiger partial charge is 0.409 e. The van der Waals surface area contributed by atoms with Crippen LogP contribution in [0.1, 0.15) is 11.6 Å². The summed E-state index contributed by atoms with van der Waals surface area (Å²) in [5, 5.41) is 0. The second-order valence-corrected chi connectivity index (χ2v) is 2.31. The molecular formula is C6H7F3N4. The van der Waals surface area contributed by atoms with E-state index in [1.807, 2.05) is 0 Å². The van der Waals surface area contributed by atoms with Gasteiger partial charge in [-0.05, 0) is 0 Å². The standard InChI is InChI=1S/C6H7F3N4/c7-6(8,9)5(13-10)4-1-11-3-12-2-4/h1-3,5,13H,10H2. The number of hydrazine groups is 1. The Hall–Kier alpha value is -1.21. The Balaban J connectivity index is 2.92. The highest BCUT2D eigenvalue weighted by Gasteiger charge is 2.40. The minimum atomic E-state index is -4.44. The van der Waals surface area contributed by atoms with Crippen molar-refractivity contribution in [2.45, 2.75) is 12.2 Å². The molecule has 4 nitrogen and oxygen atoms in total. The molecule has 1 rings (SSSR count).